The Morgan fingerprint density at radius 2 is 1.23 bits per heavy atom. The van der Waals surface area contributed by atoms with Gasteiger partial charge in [0.2, 0.25) is 0 Å². The van der Waals surface area contributed by atoms with E-state index in [1.807, 2.05) is 13.8 Å². The molecule has 22 nitrogen and oxygen atoms in total. The summed E-state index contributed by atoms with van der Waals surface area (Å²) in [4.78, 5) is 40.0. The van der Waals surface area contributed by atoms with E-state index in [0.717, 1.165) is 19.3 Å². The van der Waals surface area contributed by atoms with Gasteiger partial charge in [0.05, 0.1) is 36.9 Å². The molecule has 11 N–H and O–H groups in total. The van der Waals surface area contributed by atoms with Crippen LogP contribution in [0.15, 0.2) is 34.4 Å². The van der Waals surface area contributed by atoms with Crippen LogP contribution in [-0.2, 0) is 52.3 Å². The first-order valence-electron chi connectivity index (χ1n) is 28.1. The number of rotatable bonds is 13. The molecule has 26 atom stereocenters. The number of ether oxygens (including phenoxy) is 8. The highest BCUT2D eigenvalue weighted by atomic mass is 16.8. The number of carbonyl (C=O) groups excluding carboxylic acids is 2. The standard InChI is InChI=1S/C57H86O22/c1-12-23(3)47(70)78-44-45(79-48(71)24(4)13-2)56(22-59)27(19-52(44,6)7)33-26-18-30-54(10)16-15-32(53(8,9)29(54)14-17-57(26,30)55(33,11)20-31(56)60)74-51-40(67)42(38(65)43(77-51)46(68)69)76-50-39(66)41(34(61)25(5)72-50)75-49-37(64)36(63)35(62)28(21-58)73-49/h12-13,25,27-32,34-45,49-51,58-67H,14-22H2,1-11H3,(H,68,69)/b23-12-,24-13-/t25?,27-,28?,29?,30?,31+,32-,34?,35?,36?,37?,38?,39?,40?,41?,42?,43?,44-,45-,49?,50?,51?,54-,55+,56-,57-/m0/s1. The molecule has 0 aromatic heterocycles. The summed E-state index contributed by atoms with van der Waals surface area (Å²) in [6.45, 7) is 19.5. The van der Waals surface area contributed by atoms with Crippen molar-refractivity contribution in [1.82, 2.24) is 0 Å². The highest BCUT2D eigenvalue weighted by Crippen LogP contribution is 2.87. The molecule has 5 saturated carbocycles. The number of allylic oxidation sites excluding steroid dienone is 4. The summed E-state index contributed by atoms with van der Waals surface area (Å²) in [7, 11) is 0. The van der Waals surface area contributed by atoms with Gasteiger partial charge in [0, 0.05) is 27.4 Å². The molecule has 0 amide bonds. The molecule has 0 aromatic carbocycles. The van der Waals surface area contributed by atoms with E-state index in [1.54, 1.807) is 39.8 Å². The van der Waals surface area contributed by atoms with E-state index < -0.39 is 175 Å². The topological polar surface area (TPSA) is 348 Å². The summed E-state index contributed by atoms with van der Waals surface area (Å²) in [5.41, 5.74) is -0.581. The van der Waals surface area contributed by atoms with Crippen LogP contribution in [0.1, 0.15) is 121 Å². The SMILES string of the molecule is C/C=C(/C)C(=O)O[C@H]1[C@H](OC(=O)/C(C)=C\C)[C@]2(CO)[C@H](O)C[C@]3(C)C(=C4CC5[C@@]6(C)CC[C@H](OC7OC(C(=O)O)C(O)C(OC8OC(C)C(O)C(OC9OC(CO)C(O)C(O)C9O)C8O)C7O)C(C)(C)C6CC[C@]453)[C@@H]2CC1(C)C. The predicted molar refractivity (Wildman–Crippen MR) is 273 cm³/mol. The van der Waals surface area contributed by atoms with Crippen LogP contribution in [0, 0.1) is 50.2 Å². The molecule has 3 heterocycles. The van der Waals surface area contributed by atoms with Crippen LogP contribution in [0.25, 0.3) is 0 Å². The Hall–Kier alpha value is -3.01. The van der Waals surface area contributed by atoms with Crippen LogP contribution >= 0.6 is 0 Å². The van der Waals surface area contributed by atoms with Gasteiger partial charge in [-0.15, -0.1) is 0 Å². The minimum atomic E-state index is -2.04. The number of fused-ring (bicyclic) bond motifs is 5. The number of carboxylic acids is 1. The lowest BCUT2D eigenvalue weighted by molar-refractivity contribution is -0.380. The number of hydrogen-bond acceptors (Lipinski definition) is 21. The van der Waals surface area contributed by atoms with Gasteiger partial charge < -0.3 is 94.1 Å². The smallest absolute Gasteiger partial charge is 0.335 e. The van der Waals surface area contributed by atoms with Gasteiger partial charge in [-0.1, -0.05) is 64.8 Å². The van der Waals surface area contributed by atoms with Gasteiger partial charge in [-0.05, 0) is 108 Å². The average molecular weight is 1120 g/mol. The van der Waals surface area contributed by atoms with Crippen LogP contribution in [-0.4, -0.2) is 204 Å². The van der Waals surface area contributed by atoms with Gasteiger partial charge in [0.1, 0.15) is 67.1 Å². The van der Waals surface area contributed by atoms with Crippen LogP contribution in [0.3, 0.4) is 0 Å². The zero-order chi connectivity index (χ0) is 58.2. The third kappa shape index (κ3) is 8.97. The number of carboxylic acid groups (broad SMARTS) is 1. The van der Waals surface area contributed by atoms with Crippen molar-refractivity contribution in [3.8, 4) is 0 Å². The van der Waals surface area contributed by atoms with E-state index in [4.69, 9.17) is 37.9 Å². The molecule has 22 heteroatoms. The van der Waals surface area contributed by atoms with Crippen molar-refractivity contribution in [2.45, 2.75) is 238 Å². The predicted octanol–water partition coefficient (Wildman–Crippen LogP) is 1.04. The van der Waals surface area contributed by atoms with Crippen LogP contribution in [0.2, 0.25) is 0 Å². The fourth-order valence-corrected chi connectivity index (χ4v) is 17.0. The molecule has 0 radical (unpaired) electrons. The van der Waals surface area contributed by atoms with E-state index in [0.29, 0.717) is 30.4 Å². The quantitative estimate of drug-likeness (QED) is 0.0531. The Morgan fingerprint density at radius 1 is 0.658 bits per heavy atom. The normalized spacial score (nSPS) is 50.0. The van der Waals surface area contributed by atoms with Crippen molar-refractivity contribution in [2.24, 2.45) is 50.2 Å². The summed E-state index contributed by atoms with van der Waals surface area (Å²) >= 11 is 0. The highest BCUT2D eigenvalue weighted by molar-refractivity contribution is 5.89. The zero-order valence-corrected chi connectivity index (χ0v) is 47.1. The lowest BCUT2D eigenvalue weighted by Crippen LogP contribution is -2.78. The molecule has 3 saturated heterocycles. The maximum absolute atomic E-state index is 13.8. The molecule has 1 spiro atoms. The van der Waals surface area contributed by atoms with Crippen molar-refractivity contribution in [3.63, 3.8) is 0 Å². The van der Waals surface area contributed by atoms with E-state index in [2.05, 4.69) is 27.7 Å². The summed E-state index contributed by atoms with van der Waals surface area (Å²) in [5.74, 6) is -3.00. The van der Waals surface area contributed by atoms with Gasteiger partial charge >= 0.3 is 17.9 Å². The fraction of sp³-hybridized carbons (Fsp3) is 0.842. The third-order valence-electron chi connectivity index (χ3n) is 21.6. The average Bonchev–Trinajstić information content (AvgIpc) is 0.822. The summed E-state index contributed by atoms with van der Waals surface area (Å²) in [5, 5.41) is 122. The lowest BCUT2D eigenvalue weighted by atomic mass is 9.22. The van der Waals surface area contributed by atoms with Crippen molar-refractivity contribution < 1.29 is 108 Å². The number of esters is 2. The molecule has 0 bridgehead atoms. The maximum Gasteiger partial charge on any atom is 0.335 e. The van der Waals surface area contributed by atoms with E-state index in [9.17, 15) is 70.6 Å². The Kier molecular flexibility index (Phi) is 16.3. The minimum Gasteiger partial charge on any atom is -0.479 e. The van der Waals surface area contributed by atoms with Crippen LogP contribution < -0.4 is 0 Å². The van der Waals surface area contributed by atoms with Crippen molar-refractivity contribution >= 4 is 17.9 Å². The van der Waals surface area contributed by atoms with E-state index in [1.165, 1.54) is 18.1 Å². The summed E-state index contributed by atoms with van der Waals surface area (Å²) < 4.78 is 48.1. The maximum atomic E-state index is 13.8. The van der Waals surface area contributed by atoms with E-state index >= 15 is 0 Å². The number of hydrogen-bond donors (Lipinski definition) is 11. The molecule has 17 unspecified atom stereocenters. The van der Waals surface area contributed by atoms with Gasteiger partial charge in [-0.3, -0.25) is 0 Å². The number of aliphatic carboxylic acids is 1. The minimum absolute atomic E-state index is 0.0323. The Balaban J connectivity index is 0.948. The van der Waals surface area contributed by atoms with Gasteiger partial charge in [-0.2, -0.15) is 0 Å². The molecular weight excluding hydrogens is 1040 g/mol. The first-order chi connectivity index (χ1) is 36.9. The second-order valence-corrected chi connectivity index (χ2v) is 26.2. The van der Waals surface area contributed by atoms with Crippen LogP contribution in [0.5, 0.6) is 0 Å². The molecule has 79 heavy (non-hydrogen) atoms. The van der Waals surface area contributed by atoms with Gasteiger partial charge in [-0.25, -0.2) is 14.4 Å². The number of aliphatic hydroxyl groups excluding tert-OH is 10. The molecule has 9 aliphatic rings. The Bertz CT molecular complexity index is 2440. The monoisotopic (exact) mass is 1120 g/mol. The second kappa shape index (κ2) is 21.3. The molecular formula is C57H86O22. The first kappa shape index (κ1) is 60.6. The van der Waals surface area contributed by atoms with Gasteiger partial charge in [0.25, 0.3) is 0 Å². The number of aliphatic hydroxyl groups is 10. The molecule has 0 aromatic rings. The molecule has 6 aliphatic carbocycles. The van der Waals surface area contributed by atoms with Gasteiger partial charge in [0.15, 0.2) is 31.1 Å². The molecule has 9 rings (SSSR count). The highest BCUT2D eigenvalue weighted by Gasteiger charge is 2.82. The summed E-state index contributed by atoms with van der Waals surface area (Å²) in [6, 6.07) is 0. The van der Waals surface area contributed by atoms with Crippen molar-refractivity contribution in [3.05, 3.63) is 34.4 Å². The largest absolute Gasteiger partial charge is 0.479 e. The Labute approximate surface area is 460 Å². The molecule has 3 aliphatic heterocycles. The molecule has 8 fully saturated rings. The van der Waals surface area contributed by atoms with Crippen molar-refractivity contribution in [1.29, 1.82) is 0 Å². The first-order valence-corrected chi connectivity index (χ1v) is 28.1. The number of carbonyl (C=O) groups is 3. The van der Waals surface area contributed by atoms with Crippen LogP contribution in [0.4, 0.5) is 0 Å². The Morgan fingerprint density at radius 3 is 1.80 bits per heavy atom. The third-order valence-corrected chi connectivity index (χ3v) is 21.6. The lowest BCUT2D eigenvalue weighted by Gasteiger charge is -2.82. The fourth-order valence-electron chi connectivity index (χ4n) is 17.0. The second-order valence-electron chi connectivity index (χ2n) is 26.2. The molecule has 446 valence electrons. The van der Waals surface area contributed by atoms with E-state index in [-0.39, 0.29) is 29.1 Å². The zero-order valence-electron chi connectivity index (χ0n) is 47.1. The van der Waals surface area contributed by atoms with Crippen molar-refractivity contribution in [2.75, 3.05) is 13.2 Å². The summed E-state index contributed by atoms with van der Waals surface area (Å²) in [6.07, 6.45) is -22.8.